The van der Waals surface area contributed by atoms with E-state index in [0.29, 0.717) is 6.79 Å². The van der Waals surface area contributed by atoms with Crippen LogP contribution in [0.1, 0.15) is 19.8 Å². The Labute approximate surface area is 55.5 Å². The predicted molar refractivity (Wildman–Crippen MR) is 34.9 cm³/mol. The molecule has 0 spiro atoms. The van der Waals surface area contributed by atoms with E-state index in [2.05, 4.69) is 13.5 Å². The van der Waals surface area contributed by atoms with Crippen molar-refractivity contribution in [3.8, 4) is 0 Å². The average Bonchev–Trinajstić information content (AvgIpc) is 2.18. The van der Waals surface area contributed by atoms with Crippen LogP contribution in [0.25, 0.3) is 0 Å². The van der Waals surface area contributed by atoms with E-state index in [0.717, 1.165) is 18.6 Å². The fourth-order valence-electron chi connectivity index (χ4n) is 0.884. The predicted octanol–water partition coefficient (Wildman–Crippen LogP) is 1.67. The maximum absolute atomic E-state index is 5.18. The van der Waals surface area contributed by atoms with Crippen molar-refractivity contribution >= 4 is 0 Å². The van der Waals surface area contributed by atoms with Gasteiger partial charge in [0.15, 0.2) is 6.79 Å². The van der Waals surface area contributed by atoms with Gasteiger partial charge in [0.1, 0.15) is 11.9 Å². The van der Waals surface area contributed by atoms with E-state index in [9.17, 15) is 0 Å². The van der Waals surface area contributed by atoms with E-state index in [1.54, 1.807) is 0 Å². The molecule has 0 amide bonds. The van der Waals surface area contributed by atoms with Crippen LogP contribution in [0.15, 0.2) is 12.3 Å². The number of rotatable bonds is 2. The molecule has 1 fully saturated rings. The largest absolute Gasteiger partial charge is 0.470 e. The van der Waals surface area contributed by atoms with Crippen LogP contribution < -0.4 is 0 Å². The van der Waals surface area contributed by atoms with E-state index in [1.807, 2.05) is 0 Å². The van der Waals surface area contributed by atoms with Crippen molar-refractivity contribution in [3.05, 3.63) is 12.3 Å². The van der Waals surface area contributed by atoms with Crippen molar-refractivity contribution in [2.45, 2.75) is 25.9 Å². The smallest absolute Gasteiger partial charge is 0.189 e. The van der Waals surface area contributed by atoms with E-state index >= 15 is 0 Å². The Hall–Kier alpha value is -0.500. The Kier molecular flexibility index (Phi) is 2.11. The lowest BCUT2D eigenvalue weighted by Crippen LogP contribution is -2.05. The van der Waals surface area contributed by atoms with E-state index < -0.39 is 0 Å². The lowest BCUT2D eigenvalue weighted by molar-refractivity contribution is 0.0469. The van der Waals surface area contributed by atoms with Gasteiger partial charge in [0.2, 0.25) is 0 Å². The summed E-state index contributed by atoms with van der Waals surface area (Å²) in [5.74, 6) is 0.789. The van der Waals surface area contributed by atoms with Crippen LogP contribution in [-0.4, -0.2) is 12.9 Å². The second kappa shape index (κ2) is 2.87. The van der Waals surface area contributed by atoms with Crippen molar-refractivity contribution in [1.29, 1.82) is 0 Å². The first-order valence-electron chi connectivity index (χ1n) is 3.27. The molecular weight excluding hydrogens is 116 g/mol. The first-order valence-corrected chi connectivity index (χ1v) is 3.27. The van der Waals surface area contributed by atoms with Crippen LogP contribution in [-0.2, 0) is 9.47 Å². The SMILES string of the molecule is C=C1OCOC1CCC. The van der Waals surface area contributed by atoms with Gasteiger partial charge in [0, 0.05) is 0 Å². The standard InChI is InChI=1S/C7H12O2/c1-3-4-7-6(2)8-5-9-7/h7H,2-5H2,1H3. The Morgan fingerprint density at radius 2 is 2.56 bits per heavy atom. The van der Waals surface area contributed by atoms with Gasteiger partial charge in [-0.1, -0.05) is 19.9 Å². The molecule has 1 atom stereocenters. The molecule has 2 nitrogen and oxygen atoms in total. The van der Waals surface area contributed by atoms with Gasteiger partial charge in [0.25, 0.3) is 0 Å². The summed E-state index contributed by atoms with van der Waals surface area (Å²) in [7, 11) is 0. The molecule has 0 aliphatic carbocycles. The van der Waals surface area contributed by atoms with Gasteiger partial charge in [-0.2, -0.15) is 0 Å². The normalized spacial score (nSPS) is 26.3. The van der Waals surface area contributed by atoms with Crippen LogP contribution in [0.2, 0.25) is 0 Å². The van der Waals surface area contributed by atoms with Gasteiger partial charge in [-0.3, -0.25) is 0 Å². The zero-order valence-corrected chi connectivity index (χ0v) is 5.72. The highest BCUT2D eigenvalue weighted by molar-refractivity contribution is 4.94. The van der Waals surface area contributed by atoms with E-state index in [4.69, 9.17) is 9.47 Å². The number of hydrogen-bond donors (Lipinski definition) is 0. The van der Waals surface area contributed by atoms with Gasteiger partial charge in [-0.25, -0.2) is 0 Å². The highest BCUT2D eigenvalue weighted by atomic mass is 16.7. The third-order valence-corrected chi connectivity index (χ3v) is 1.42. The second-order valence-corrected chi connectivity index (χ2v) is 2.17. The topological polar surface area (TPSA) is 18.5 Å². The van der Waals surface area contributed by atoms with Crippen LogP contribution in [0.4, 0.5) is 0 Å². The van der Waals surface area contributed by atoms with Crippen molar-refractivity contribution < 1.29 is 9.47 Å². The number of hydrogen-bond acceptors (Lipinski definition) is 2. The van der Waals surface area contributed by atoms with Gasteiger partial charge in [-0.15, -0.1) is 0 Å². The lowest BCUT2D eigenvalue weighted by atomic mass is 10.2. The monoisotopic (exact) mass is 128 g/mol. The van der Waals surface area contributed by atoms with Crippen molar-refractivity contribution in [1.82, 2.24) is 0 Å². The Bertz CT molecular complexity index is 109. The third-order valence-electron chi connectivity index (χ3n) is 1.42. The first-order chi connectivity index (χ1) is 4.34. The van der Waals surface area contributed by atoms with Crippen LogP contribution in [0.3, 0.4) is 0 Å². The molecule has 1 heterocycles. The lowest BCUT2D eigenvalue weighted by Gasteiger charge is -2.03. The van der Waals surface area contributed by atoms with Crippen LogP contribution in [0.5, 0.6) is 0 Å². The summed E-state index contributed by atoms with van der Waals surface area (Å²) in [6, 6.07) is 0. The molecule has 0 N–H and O–H groups in total. The summed E-state index contributed by atoms with van der Waals surface area (Å²) < 4.78 is 10.2. The van der Waals surface area contributed by atoms with Gasteiger partial charge in [0.05, 0.1) is 0 Å². The second-order valence-electron chi connectivity index (χ2n) is 2.17. The summed E-state index contributed by atoms with van der Waals surface area (Å²) in [6.07, 6.45) is 2.31. The molecule has 0 aromatic rings. The molecule has 0 radical (unpaired) electrons. The molecule has 0 aromatic heterocycles. The molecule has 1 aliphatic heterocycles. The molecule has 0 bridgehead atoms. The summed E-state index contributed by atoms with van der Waals surface area (Å²) in [5.41, 5.74) is 0. The molecule has 1 rings (SSSR count). The molecule has 1 saturated heterocycles. The minimum atomic E-state index is 0.162. The first kappa shape index (κ1) is 6.62. The fraction of sp³-hybridized carbons (Fsp3) is 0.714. The third kappa shape index (κ3) is 1.45. The van der Waals surface area contributed by atoms with Gasteiger partial charge >= 0.3 is 0 Å². The summed E-state index contributed by atoms with van der Waals surface area (Å²) in [6.45, 7) is 6.22. The summed E-state index contributed by atoms with van der Waals surface area (Å²) >= 11 is 0. The minimum Gasteiger partial charge on any atom is -0.470 e. The van der Waals surface area contributed by atoms with Crippen LogP contribution >= 0.6 is 0 Å². The number of ether oxygens (including phenoxy) is 2. The van der Waals surface area contributed by atoms with E-state index in [1.165, 1.54) is 0 Å². The quantitative estimate of drug-likeness (QED) is 0.563. The maximum atomic E-state index is 5.18. The van der Waals surface area contributed by atoms with Gasteiger partial charge in [-0.05, 0) is 6.42 Å². The fourth-order valence-corrected chi connectivity index (χ4v) is 0.884. The maximum Gasteiger partial charge on any atom is 0.189 e. The molecule has 0 saturated carbocycles. The van der Waals surface area contributed by atoms with E-state index in [-0.39, 0.29) is 6.10 Å². The molecule has 1 aliphatic rings. The molecule has 9 heavy (non-hydrogen) atoms. The Morgan fingerprint density at radius 1 is 1.78 bits per heavy atom. The molecular formula is C7H12O2. The van der Waals surface area contributed by atoms with Crippen molar-refractivity contribution in [2.75, 3.05) is 6.79 Å². The highest BCUT2D eigenvalue weighted by Crippen LogP contribution is 2.18. The minimum absolute atomic E-state index is 0.162. The Balaban J connectivity index is 2.31. The molecule has 0 aromatic carbocycles. The highest BCUT2D eigenvalue weighted by Gasteiger charge is 2.19. The summed E-state index contributed by atoms with van der Waals surface area (Å²) in [5, 5.41) is 0. The zero-order valence-electron chi connectivity index (χ0n) is 5.72. The van der Waals surface area contributed by atoms with Crippen LogP contribution in [0, 0.1) is 0 Å². The zero-order chi connectivity index (χ0) is 6.69. The Morgan fingerprint density at radius 3 is 3.00 bits per heavy atom. The molecule has 52 valence electrons. The van der Waals surface area contributed by atoms with Crippen molar-refractivity contribution in [3.63, 3.8) is 0 Å². The van der Waals surface area contributed by atoms with Gasteiger partial charge < -0.3 is 9.47 Å². The molecule has 1 unspecified atom stereocenters. The summed E-state index contributed by atoms with van der Waals surface area (Å²) in [4.78, 5) is 0. The molecule has 2 heteroatoms. The van der Waals surface area contributed by atoms with Crippen molar-refractivity contribution in [2.24, 2.45) is 0 Å². The average molecular weight is 128 g/mol.